The highest BCUT2D eigenvalue weighted by Crippen LogP contribution is 2.07. The summed E-state index contributed by atoms with van der Waals surface area (Å²) < 4.78 is 0. The van der Waals surface area contributed by atoms with Crippen molar-refractivity contribution in [3.8, 4) is 0 Å². The summed E-state index contributed by atoms with van der Waals surface area (Å²) >= 11 is 0. The Morgan fingerprint density at radius 2 is 2.08 bits per heavy atom. The number of nitrogens with zero attached hydrogens (tertiary/aromatic N) is 1. The number of carbonyl (C=O) groups is 1. The fourth-order valence-electron chi connectivity index (χ4n) is 0.719. The van der Waals surface area contributed by atoms with Crippen molar-refractivity contribution in [2.24, 2.45) is 10.9 Å². The second-order valence-electron chi connectivity index (χ2n) is 2.70. The fourth-order valence-corrected chi connectivity index (χ4v) is 0.719. The van der Waals surface area contributed by atoms with Crippen molar-refractivity contribution < 1.29 is 20.2 Å². The molecule has 5 nitrogen and oxygen atoms in total. The number of aliphatic carboxylic acids is 1. The molecule has 0 aromatic heterocycles. The van der Waals surface area contributed by atoms with Gasteiger partial charge >= 0.3 is 5.97 Å². The van der Waals surface area contributed by atoms with Crippen LogP contribution in [0.5, 0.6) is 0 Å². The minimum Gasteiger partial charge on any atom is -0.480 e. The molecule has 0 radical (unpaired) electrons. The lowest BCUT2D eigenvalue weighted by Gasteiger charge is -2.06. The van der Waals surface area contributed by atoms with Gasteiger partial charge in [0.15, 0.2) is 6.04 Å². The van der Waals surface area contributed by atoms with Gasteiger partial charge in [0.25, 0.3) is 0 Å². The van der Waals surface area contributed by atoms with Crippen molar-refractivity contribution in [2.75, 3.05) is 0 Å². The summed E-state index contributed by atoms with van der Waals surface area (Å²) in [6.45, 7) is 3.74. The van der Waals surface area contributed by atoms with E-state index in [4.69, 9.17) is 5.11 Å². The number of rotatable bonds is 4. The molecule has 0 aliphatic carbocycles. The zero-order valence-corrected chi connectivity index (χ0v) is 7.07. The van der Waals surface area contributed by atoms with Crippen LogP contribution in [0.4, 0.5) is 0 Å². The van der Waals surface area contributed by atoms with E-state index < -0.39 is 12.0 Å². The Labute approximate surface area is 70.4 Å². The lowest BCUT2D eigenvalue weighted by Crippen LogP contribution is -2.19. The van der Waals surface area contributed by atoms with E-state index in [1.54, 1.807) is 0 Å². The maximum Gasteiger partial charge on any atom is 0.329 e. The zero-order valence-electron chi connectivity index (χ0n) is 7.07. The van der Waals surface area contributed by atoms with Crippen LogP contribution in [0.2, 0.25) is 0 Å². The van der Waals surface area contributed by atoms with Crippen LogP contribution in [0.15, 0.2) is 4.99 Å². The Hall–Kier alpha value is -1.19. The largest absolute Gasteiger partial charge is 0.480 e. The molecule has 0 spiro atoms. The van der Waals surface area contributed by atoms with Crippen LogP contribution < -0.4 is 0 Å². The lowest BCUT2D eigenvalue weighted by atomic mass is 10.0. The minimum atomic E-state index is -1.07. The molecule has 0 saturated carbocycles. The van der Waals surface area contributed by atoms with Gasteiger partial charge in [-0.1, -0.05) is 13.8 Å². The van der Waals surface area contributed by atoms with Crippen LogP contribution in [0, 0.1) is 5.92 Å². The zero-order chi connectivity index (χ0) is 8.85. The topological polar surface area (TPSA) is 98.2 Å². The molecule has 70 valence electrons. The molecule has 0 saturated heterocycles. The molecule has 0 rings (SSSR count). The first kappa shape index (κ1) is 13.4. The van der Waals surface area contributed by atoms with Crippen LogP contribution in [0.3, 0.4) is 0 Å². The monoisotopic (exact) mass is 175 g/mol. The highest BCUT2D eigenvalue weighted by molar-refractivity contribution is 5.74. The summed E-state index contributed by atoms with van der Waals surface area (Å²) in [4.78, 5) is 23.3. The molecular weight excluding hydrogens is 162 g/mol. The number of isocyanates is 1. The number of carbonyl (C=O) groups excluding carboxylic acids is 1. The number of hydrogen-bond donors (Lipinski definition) is 1. The van der Waals surface area contributed by atoms with Crippen LogP contribution in [0.1, 0.15) is 20.3 Å². The first-order chi connectivity index (χ1) is 5.07. The van der Waals surface area contributed by atoms with Gasteiger partial charge in [-0.25, -0.2) is 9.59 Å². The van der Waals surface area contributed by atoms with Gasteiger partial charge in [0, 0.05) is 0 Å². The summed E-state index contributed by atoms with van der Waals surface area (Å²) in [7, 11) is 0. The SMILES string of the molecule is CC(C)C[C@H](N=C=O)C(=O)O.O. The molecule has 3 N–H and O–H groups in total. The summed E-state index contributed by atoms with van der Waals surface area (Å²) in [6, 6.07) is -0.924. The van der Waals surface area contributed by atoms with Gasteiger partial charge < -0.3 is 10.6 Å². The highest BCUT2D eigenvalue weighted by Gasteiger charge is 2.16. The molecule has 0 bridgehead atoms. The summed E-state index contributed by atoms with van der Waals surface area (Å²) in [6.07, 6.45) is 1.63. The van der Waals surface area contributed by atoms with Gasteiger partial charge in [0.05, 0.1) is 0 Å². The highest BCUT2D eigenvalue weighted by atomic mass is 16.4. The van der Waals surface area contributed by atoms with Gasteiger partial charge in [-0.15, -0.1) is 0 Å². The third kappa shape index (κ3) is 5.58. The summed E-state index contributed by atoms with van der Waals surface area (Å²) in [5.74, 6) is -0.852. The molecule has 0 unspecified atom stereocenters. The van der Waals surface area contributed by atoms with Crippen molar-refractivity contribution in [3.63, 3.8) is 0 Å². The van der Waals surface area contributed by atoms with E-state index in [9.17, 15) is 9.59 Å². The molecule has 1 atom stereocenters. The average molecular weight is 175 g/mol. The Morgan fingerprint density at radius 1 is 1.58 bits per heavy atom. The Morgan fingerprint density at radius 3 is 2.33 bits per heavy atom. The first-order valence-corrected chi connectivity index (χ1v) is 3.37. The van der Waals surface area contributed by atoms with Crippen LogP contribution in [-0.2, 0) is 9.59 Å². The van der Waals surface area contributed by atoms with Gasteiger partial charge in [-0.05, 0) is 12.3 Å². The standard InChI is InChI=1S/C7H11NO3.H2O/c1-5(2)3-6(7(10)11)8-4-9;/h5-6H,3H2,1-2H3,(H,10,11);1H2/t6-;/m0./s1. The lowest BCUT2D eigenvalue weighted by molar-refractivity contribution is -0.138. The molecule has 0 aliphatic rings. The van der Waals surface area contributed by atoms with E-state index in [2.05, 4.69) is 4.99 Å². The van der Waals surface area contributed by atoms with Gasteiger partial charge in [0.2, 0.25) is 6.08 Å². The molecule has 0 aromatic carbocycles. The third-order valence-corrected chi connectivity index (χ3v) is 1.19. The van der Waals surface area contributed by atoms with E-state index in [1.165, 1.54) is 6.08 Å². The third-order valence-electron chi connectivity index (χ3n) is 1.19. The molecular formula is C7H13NO4. The molecule has 12 heavy (non-hydrogen) atoms. The number of aliphatic imine (C=N–C) groups is 1. The number of carboxylic acids is 1. The van der Waals surface area contributed by atoms with Crippen LogP contribution in [0.25, 0.3) is 0 Å². The Kier molecular flexibility index (Phi) is 7.28. The molecule has 0 amide bonds. The normalized spacial score (nSPS) is 11.2. The van der Waals surface area contributed by atoms with Gasteiger partial charge in [-0.2, -0.15) is 4.99 Å². The predicted molar refractivity (Wildman–Crippen MR) is 42.6 cm³/mol. The van der Waals surface area contributed by atoms with Crippen molar-refractivity contribution in [1.82, 2.24) is 0 Å². The van der Waals surface area contributed by atoms with E-state index in [0.717, 1.165) is 0 Å². The smallest absolute Gasteiger partial charge is 0.329 e. The van der Waals surface area contributed by atoms with Gasteiger partial charge in [-0.3, -0.25) is 0 Å². The molecule has 0 aliphatic heterocycles. The van der Waals surface area contributed by atoms with Crippen LogP contribution >= 0.6 is 0 Å². The van der Waals surface area contributed by atoms with Crippen molar-refractivity contribution in [2.45, 2.75) is 26.3 Å². The van der Waals surface area contributed by atoms with Crippen molar-refractivity contribution in [1.29, 1.82) is 0 Å². The molecule has 5 heteroatoms. The van der Waals surface area contributed by atoms with E-state index in [1.807, 2.05) is 13.8 Å². The van der Waals surface area contributed by atoms with Crippen molar-refractivity contribution >= 4 is 12.0 Å². The van der Waals surface area contributed by atoms with Crippen LogP contribution in [-0.4, -0.2) is 28.7 Å². The fraction of sp³-hybridized carbons (Fsp3) is 0.714. The predicted octanol–water partition coefficient (Wildman–Crippen LogP) is -0.00320. The maximum atomic E-state index is 10.4. The Balaban J connectivity index is 0. The Bertz CT molecular complexity index is 182. The maximum absolute atomic E-state index is 10.4. The van der Waals surface area contributed by atoms with E-state index in [0.29, 0.717) is 6.42 Å². The summed E-state index contributed by atoms with van der Waals surface area (Å²) in [5, 5.41) is 8.48. The van der Waals surface area contributed by atoms with E-state index in [-0.39, 0.29) is 11.4 Å². The summed E-state index contributed by atoms with van der Waals surface area (Å²) in [5.41, 5.74) is 0. The second kappa shape index (κ2) is 6.52. The first-order valence-electron chi connectivity index (χ1n) is 3.37. The van der Waals surface area contributed by atoms with Gasteiger partial charge in [0.1, 0.15) is 0 Å². The number of carboxylic acid groups (broad SMARTS) is 1. The number of hydrogen-bond acceptors (Lipinski definition) is 3. The molecule has 0 aromatic rings. The van der Waals surface area contributed by atoms with Crippen molar-refractivity contribution in [3.05, 3.63) is 0 Å². The van der Waals surface area contributed by atoms with E-state index >= 15 is 0 Å². The molecule has 0 heterocycles. The molecule has 0 fully saturated rings. The minimum absolute atomic E-state index is 0. The second-order valence-corrected chi connectivity index (χ2v) is 2.70. The average Bonchev–Trinajstić information content (AvgIpc) is 1.86. The quantitative estimate of drug-likeness (QED) is 0.480.